The predicted molar refractivity (Wildman–Crippen MR) is 141 cm³/mol. The third kappa shape index (κ3) is 4.30. The summed E-state index contributed by atoms with van der Waals surface area (Å²) in [5.41, 5.74) is 4.17. The fourth-order valence-corrected chi connectivity index (χ4v) is 4.02. The summed E-state index contributed by atoms with van der Waals surface area (Å²) in [6.45, 7) is 4.66. The molecule has 5 rings (SSSR count). The van der Waals surface area contributed by atoms with Gasteiger partial charge in [-0.3, -0.25) is 14.5 Å². The molecule has 5 aromatic rings. The van der Waals surface area contributed by atoms with Crippen molar-refractivity contribution in [2.24, 2.45) is 0 Å². The van der Waals surface area contributed by atoms with Gasteiger partial charge in [0.25, 0.3) is 5.56 Å². The molecule has 0 unspecified atom stereocenters. The molecule has 0 saturated heterocycles. The van der Waals surface area contributed by atoms with Crippen molar-refractivity contribution in [1.82, 2.24) is 29.7 Å². The quantitative estimate of drug-likeness (QED) is 0.313. The van der Waals surface area contributed by atoms with Crippen molar-refractivity contribution in [2.45, 2.75) is 26.4 Å². The van der Waals surface area contributed by atoms with Crippen LogP contribution in [0.5, 0.6) is 11.5 Å². The first-order chi connectivity index (χ1) is 16.5. The number of ether oxygens (including phenoxy) is 2. The molecule has 0 spiro atoms. The van der Waals surface area contributed by atoms with Gasteiger partial charge in [0.1, 0.15) is 16.9 Å². The maximum atomic E-state index is 13.3. The summed E-state index contributed by atoms with van der Waals surface area (Å²) in [7, 11) is 3.14. The lowest BCUT2D eigenvalue weighted by atomic mass is 10.1. The maximum absolute atomic E-state index is 13.3. The van der Waals surface area contributed by atoms with Gasteiger partial charge in [-0.1, -0.05) is 6.07 Å². The molecular weight excluding hydrogens is 466 g/mol. The van der Waals surface area contributed by atoms with Gasteiger partial charge in [0.2, 0.25) is 0 Å². The average Bonchev–Trinajstić information content (AvgIpc) is 3.46. The molecule has 11 heteroatoms. The number of imidazole rings is 1. The second-order valence-electron chi connectivity index (χ2n) is 7.88. The molecule has 0 radical (unpaired) electrons. The van der Waals surface area contributed by atoms with Crippen LogP contribution in [-0.2, 0) is 6.54 Å². The van der Waals surface area contributed by atoms with Crippen LogP contribution >= 0.6 is 13.5 Å². The summed E-state index contributed by atoms with van der Waals surface area (Å²) in [5.74, 6) is 1.54. The summed E-state index contributed by atoms with van der Waals surface area (Å²) >= 11 is 0. The number of rotatable bonds is 7. The van der Waals surface area contributed by atoms with Crippen molar-refractivity contribution in [3.8, 4) is 22.9 Å². The van der Waals surface area contributed by atoms with Crippen molar-refractivity contribution in [3.63, 3.8) is 0 Å². The van der Waals surface area contributed by atoms with E-state index in [4.69, 9.17) is 19.6 Å². The van der Waals surface area contributed by atoms with Crippen LogP contribution in [0.1, 0.15) is 25.6 Å². The second-order valence-corrected chi connectivity index (χ2v) is 7.88. The topological polar surface area (TPSA) is 123 Å². The largest absolute Gasteiger partial charge is 0.493 e. The fraction of sp³-hybridized carbons (Fsp3) is 0.250. The Labute approximate surface area is 208 Å². The molecule has 182 valence electrons. The number of aromatic nitrogens is 6. The molecule has 0 saturated carbocycles. The minimum atomic E-state index is -0.281. The molecule has 0 aliphatic carbocycles. The van der Waals surface area contributed by atoms with Crippen LogP contribution in [0, 0.1) is 0 Å². The second kappa shape index (κ2) is 9.71. The number of hydrogen-bond acceptors (Lipinski definition) is 7. The van der Waals surface area contributed by atoms with Crippen molar-refractivity contribution in [2.75, 3.05) is 19.5 Å². The van der Waals surface area contributed by atoms with Gasteiger partial charge in [-0.25, -0.2) is 4.98 Å². The van der Waals surface area contributed by atoms with Crippen molar-refractivity contribution in [1.29, 1.82) is 0 Å². The first kappa shape index (κ1) is 24.1. The van der Waals surface area contributed by atoms with Crippen molar-refractivity contribution in [3.05, 3.63) is 58.8 Å². The van der Waals surface area contributed by atoms with Gasteiger partial charge in [0.05, 0.1) is 48.2 Å². The minimum absolute atomic E-state index is 0. The number of pyridine rings is 2. The molecule has 0 amide bonds. The molecule has 4 heterocycles. The summed E-state index contributed by atoms with van der Waals surface area (Å²) in [6, 6.07) is 9.13. The highest BCUT2D eigenvalue weighted by atomic mass is 32.1. The molecule has 0 bridgehead atoms. The molecule has 10 nitrogen and oxygen atoms in total. The van der Waals surface area contributed by atoms with E-state index in [1.807, 2.05) is 38.2 Å². The van der Waals surface area contributed by atoms with Gasteiger partial charge in [-0.05, 0) is 26.0 Å². The highest BCUT2D eigenvalue weighted by Gasteiger charge is 2.22. The van der Waals surface area contributed by atoms with E-state index in [0.29, 0.717) is 51.7 Å². The van der Waals surface area contributed by atoms with E-state index in [-0.39, 0.29) is 25.1 Å². The lowest BCUT2D eigenvalue weighted by molar-refractivity contribution is 0.356. The summed E-state index contributed by atoms with van der Waals surface area (Å²) in [6.07, 6.45) is 3.57. The van der Waals surface area contributed by atoms with E-state index in [0.717, 1.165) is 11.2 Å². The Hall–Kier alpha value is -3.99. The lowest BCUT2D eigenvalue weighted by Gasteiger charge is -2.17. The Balaban J connectivity index is 0.00000289. The zero-order chi connectivity index (χ0) is 23.8. The first-order valence-corrected chi connectivity index (χ1v) is 10.9. The lowest BCUT2D eigenvalue weighted by Crippen LogP contribution is -2.16. The number of aryl methyl sites for hydroxylation is 1. The zero-order valence-electron chi connectivity index (χ0n) is 19.8. The van der Waals surface area contributed by atoms with Crippen LogP contribution in [0.3, 0.4) is 0 Å². The van der Waals surface area contributed by atoms with E-state index in [1.54, 1.807) is 37.2 Å². The zero-order valence-corrected chi connectivity index (χ0v) is 20.8. The average molecular weight is 494 g/mol. The molecular formula is C24H27N7O3S. The van der Waals surface area contributed by atoms with Crippen LogP contribution in [0.25, 0.3) is 33.5 Å². The number of hydrogen-bond donors (Lipinski definition) is 3. The number of fused-ring (bicyclic) bond motifs is 2. The van der Waals surface area contributed by atoms with E-state index in [1.165, 1.54) is 0 Å². The highest BCUT2D eigenvalue weighted by Crippen LogP contribution is 2.35. The number of aromatic amines is 2. The molecule has 4 aromatic heterocycles. The molecule has 0 fully saturated rings. The highest BCUT2D eigenvalue weighted by molar-refractivity contribution is 7.59. The third-order valence-corrected chi connectivity index (χ3v) is 5.76. The number of H-pyrrole nitrogens is 2. The Kier molecular flexibility index (Phi) is 6.70. The third-order valence-electron chi connectivity index (χ3n) is 5.76. The van der Waals surface area contributed by atoms with Crippen LogP contribution < -0.4 is 20.3 Å². The van der Waals surface area contributed by atoms with Gasteiger partial charge < -0.3 is 24.8 Å². The van der Waals surface area contributed by atoms with Gasteiger partial charge in [0, 0.05) is 31.1 Å². The summed E-state index contributed by atoms with van der Waals surface area (Å²) in [5, 5.41) is 8.16. The van der Waals surface area contributed by atoms with E-state index in [9.17, 15) is 4.79 Å². The first-order valence-electron chi connectivity index (χ1n) is 10.9. The van der Waals surface area contributed by atoms with Crippen molar-refractivity contribution < 1.29 is 9.47 Å². The van der Waals surface area contributed by atoms with Crippen LogP contribution in [0.4, 0.5) is 5.69 Å². The van der Waals surface area contributed by atoms with E-state index in [2.05, 4.69) is 20.3 Å². The van der Waals surface area contributed by atoms with Crippen molar-refractivity contribution >= 4 is 41.2 Å². The van der Waals surface area contributed by atoms with Crippen LogP contribution in [0.2, 0.25) is 0 Å². The number of nitrogens with one attached hydrogen (secondary N) is 3. The summed E-state index contributed by atoms with van der Waals surface area (Å²) < 4.78 is 12.6. The number of nitrogens with zero attached hydrogens (tertiary/aromatic N) is 4. The molecule has 3 N–H and O–H groups in total. The Bertz CT molecular complexity index is 1500. The van der Waals surface area contributed by atoms with Crippen LogP contribution in [0.15, 0.2) is 47.5 Å². The molecule has 1 atom stereocenters. The normalized spacial score (nSPS) is 11.9. The van der Waals surface area contributed by atoms with Gasteiger partial charge in [0.15, 0.2) is 11.5 Å². The number of benzene rings is 1. The molecule has 35 heavy (non-hydrogen) atoms. The Morgan fingerprint density at radius 2 is 1.89 bits per heavy atom. The predicted octanol–water partition coefficient (Wildman–Crippen LogP) is 3.99. The Morgan fingerprint density at radius 3 is 2.57 bits per heavy atom. The smallest absolute Gasteiger partial charge is 0.261 e. The SMILES string of the molecule is CCn1cc2[nH]c(=O)c(-c3nc4cc(OC)c(OC)cc4[nH]3)c(N[C@@H](C)c3ccccn3)c2n1.S. The number of methoxy groups -OCH3 is 2. The molecule has 0 aliphatic rings. The maximum Gasteiger partial charge on any atom is 0.261 e. The van der Waals surface area contributed by atoms with E-state index >= 15 is 0 Å². The van der Waals surface area contributed by atoms with E-state index < -0.39 is 0 Å². The standard InChI is InChI=1S/C24H25N7O3.H2S/c1-5-31-12-17-21(30-31)22(26-13(2)14-8-6-7-9-25-14)20(24(32)29-17)23-27-15-10-18(33-3)19(34-4)11-16(15)28-23;/h6-13,26H,5H2,1-4H3,(H,27,28)(H,29,32);1H2/t13-;/m0./s1. The monoisotopic (exact) mass is 493 g/mol. The van der Waals surface area contributed by atoms with Gasteiger partial charge >= 0.3 is 0 Å². The van der Waals surface area contributed by atoms with Crippen LogP contribution in [-0.4, -0.2) is 43.9 Å². The van der Waals surface area contributed by atoms with Gasteiger partial charge in [-0.15, -0.1) is 0 Å². The molecule has 0 aliphatic heterocycles. The number of anilines is 1. The Morgan fingerprint density at radius 1 is 1.11 bits per heavy atom. The summed E-state index contributed by atoms with van der Waals surface area (Å²) in [4.78, 5) is 28.7. The minimum Gasteiger partial charge on any atom is -0.493 e. The van der Waals surface area contributed by atoms with Gasteiger partial charge in [-0.2, -0.15) is 18.6 Å². The fourth-order valence-electron chi connectivity index (χ4n) is 4.02. The molecule has 1 aromatic carbocycles.